The largest absolute Gasteiger partial charge is 0.278 e. The van der Waals surface area contributed by atoms with Crippen molar-refractivity contribution in [2.75, 3.05) is 0 Å². The number of hydrogen-bond acceptors (Lipinski definition) is 3. The van der Waals surface area contributed by atoms with Crippen LogP contribution < -0.4 is 0 Å². The Labute approximate surface area is 304 Å². The minimum atomic E-state index is -0.162. The Morgan fingerprint density at radius 3 is 2.06 bits per heavy atom. The third-order valence-electron chi connectivity index (χ3n) is 11.7. The van der Waals surface area contributed by atoms with Crippen molar-refractivity contribution >= 4 is 71.1 Å². The van der Waals surface area contributed by atoms with E-state index < -0.39 is 0 Å². The number of pyridine rings is 1. The fourth-order valence-corrected chi connectivity index (χ4v) is 9.26. The zero-order valence-electron chi connectivity index (χ0n) is 29.2. The number of imidazole rings is 1. The van der Waals surface area contributed by atoms with E-state index in [-0.39, 0.29) is 5.41 Å². The molecule has 1 aliphatic carbocycles. The summed E-state index contributed by atoms with van der Waals surface area (Å²) in [6, 6.07) is 54.4. The second-order valence-corrected chi connectivity index (χ2v) is 14.8. The molecule has 4 heterocycles. The molecule has 1 aliphatic rings. The van der Waals surface area contributed by atoms with Gasteiger partial charge in [0, 0.05) is 32.5 Å². The van der Waals surface area contributed by atoms with Crippen molar-refractivity contribution in [3.63, 3.8) is 0 Å². The van der Waals surface area contributed by atoms with Gasteiger partial charge in [0.2, 0.25) is 5.95 Å². The van der Waals surface area contributed by atoms with E-state index >= 15 is 0 Å². The summed E-state index contributed by atoms with van der Waals surface area (Å²) < 4.78 is 4.54. The molecule has 0 atom stereocenters. The van der Waals surface area contributed by atoms with Crippen molar-refractivity contribution in [1.82, 2.24) is 23.9 Å². The zero-order chi connectivity index (χ0) is 35.0. The van der Waals surface area contributed by atoms with Crippen molar-refractivity contribution in [3.05, 3.63) is 163 Å². The van der Waals surface area contributed by atoms with E-state index in [0.29, 0.717) is 5.95 Å². The standard InChI is InChI=1S/C48H31N5/c1-48(2)37-22-12-10-19-32(37)35-26-36-41(27-38(35)48)52(40-25-24-28-14-6-7-17-30(28)42(36)40)47-50-43(29-15-4-3-5-16-29)44-46(51-47)53-39-23-13-11-20-33(39)31-18-8-9-21-34(31)45(53)49-44/h3-27H,1-2H3. The molecule has 4 aromatic heterocycles. The smallest absolute Gasteiger partial charge is 0.237 e. The average Bonchev–Trinajstić information content (AvgIpc) is 3.83. The van der Waals surface area contributed by atoms with Crippen LogP contribution >= 0.6 is 0 Å². The van der Waals surface area contributed by atoms with Crippen LogP contribution in [0.15, 0.2) is 152 Å². The highest BCUT2D eigenvalue weighted by Gasteiger charge is 2.36. The Kier molecular flexibility index (Phi) is 5.51. The number of aromatic nitrogens is 5. The summed E-state index contributed by atoms with van der Waals surface area (Å²) in [4.78, 5) is 16.4. The molecule has 0 spiro atoms. The minimum absolute atomic E-state index is 0.162. The van der Waals surface area contributed by atoms with Crippen LogP contribution in [0, 0.1) is 0 Å². The van der Waals surface area contributed by atoms with Gasteiger partial charge in [-0.15, -0.1) is 0 Å². The van der Waals surface area contributed by atoms with E-state index in [9.17, 15) is 0 Å². The molecule has 248 valence electrons. The quantitative estimate of drug-likeness (QED) is 0.171. The van der Waals surface area contributed by atoms with Crippen LogP contribution in [0.2, 0.25) is 0 Å². The zero-order valence-corrected chi connectivity index (χ0v) is 29.2. The highest BCUT2D eigenvalue weighted by atomic mass is 15.2. The van der Waals surface area contributed by atoms with Gasteiger partial charge in [-0.1, -0.05) is 141 Å². The van der Waals surface area contributed by atoms with Crippen LogP contribution in [0.4, 0.5) is 0 Å². The summed E-state index contributed by atoms with van der Waals surface area (Å²) in [5.41, 5.74) is 12.6. The fourth-order valence-electron chi connectivity index (χ4n) is 9.26. The number of rotatable bonds is 2. The fraction of sp³-hybridized carbons (Fsp3) is 0.0625. The molecule has 11 aromatic rings. The van der Waals surface area contributed by atoms with Crippen LogP contribution in [0.3, 0.4) is 0 Å². The summed E-state index contributed by atoms with van der Waals surface area (Å²) in [6.07, 6.45) is 0. The Bertz CT molecular complexity index is 3370. The van der Waals surface area contributed by atoms with Crippen molar-refractivity contribution in [2.45, 2.75) is 19.3 Å². The summed E-state index contributed by atoms with van der Waals surface area (Å²) in [5, 5.41) is 8.26. The first-order valence-corrected chi connectivity index (χ1v) is 18.2. The van der Waals surface area contributed by atoms with Gasteiger partial charge in [0.15, 0.2) is 5.65 Å². The van der Waals surface area contributed by atoms with Crippen LogP contribution in [0.1, 0.15) is 25.0 Å². The predicted octanol–water partition coefficient (Wildman–Crippen LogP) is 11.8. The SMILES string of the molecule is CC1(C)c2ccccc2-c2cc3c4c5ccccc5ccc4n(-c4nc(-c5ccccc5)c5nc6c7ccccc7c7ccccc7n6c5n4)c3cc21. The van der Waals surface area contributed by atoms with E-state index in [1.807, 2.05) is 6.07 Å². The normalized spacial score (nSPS) is 13.6. The van der Waals surface area contributed by atoms with Gasteiger partial charge in [0.25, 0.3) is 0 Å². The molecule has 7 aromatic carbocycles. The summed E-state index contributed by atoms with van der Waals surface area (Å²) in [5.74, 6) is 0.624. The van der Waals surface area contributed by atoms with Crippen LogP contribution in [0.25, 0.3) is 99.4 Å². The van der Waals surface area contributed by atoms with Crippen molar-refractivity contribution in [3.8, 4) is 28.3 Å². The monoisotopic (exact) mass is 677 g/mol. The Balaban J connectivity index is 1.28. The molecule has 0 saturated heterocycles. The van der Waals surface area contributed by atoms with E-state index in [2.05, 4.69) is 168 Å². The van der Waals surface area contributed by atoms with Gasteiger partial charge >= 0.3 is 0 Å². The highest BCUT2D eigenvalue weighted by molar-refractivity contribution is 6.22. The third kappa shape index (κ3) is 3.73. The summed E-state index contributed by atoms with van der Waals surface area (Å²) >= 11 is 0. The molecule has 0 unspecified atom stereocenters. The van der Waals surface area contributed by atoms with Gasteiger partial charge < -0.3 is 0 Å². The molecule has 0 amide bonds. The minimum Gasteiger partial charge on any atom is -0.278 e. The molecule has 5 heteroatoms. The van der Waals surface area contributed by atoms with Crippen molar-refractivity contribution in [2.24, 2.45) is 0 Å². The maximum atomic E-state index is 5.55. The lowest BCUT2D eigenvalue weighted by molar-refractivity contribution is 0.661. The highest BCUT2D eigenvalue weighted by Crippen LogP contribution is 2.51. The lowest BCUT2D eigenvalue weighted by Gasteiger charge is -2.21. The molecular weight excluding hydrogens is 647 g/mol. The Morgan fingerprint density at radius 1 is 0.472 bits per heavy atom. The number of benzene rings is 7. The van der Waals surface area contributed by atoms with E-state index in [0.717, 1.165) is 55.4 Å². The maximum Gasteiger partial charge on any atom is 0.237 e. The van der Waals surface area contributed by atoms with Gasteiger partial charge in [-0.25, -0.2) is 9.97 Å². The molecule has 0 N–H and O–H groups in total. The first-order chi connectivity index (χ1) is 26.1. The molecule has 0 saturated carbocycles. The lowest BCUT2D eigenvalue weighted by Crippen LogP contribution is -2.15. The molecule has 53 heavy (non-hydrogen) atoms. The van der Waals surface area contributed by atoms with E-state index in [1.165, 1.54) is 49.2 Å². The topological polar surface area (TPSA) is 48.0 Å². The summed E-state index contributed by atoms with van der Waals surface area (Å²) in [7, 11) is 0. The molecule has 0 aliphatic heterocycles. The second-order valence-electron chi connectivity index (χ2n) is 14.8. The number of hydrogen-bond donors (Lipinski definition) is 0. The molecular formula is C48H31N5. The predicted molar refractivity (Wildman–Crippen MR) is 218 cm³/mol. The first kappa shape index (κ1) is 28.8. The lowest BCUT2D eigenvalue weighted by atomic mass is 9.82. The Morgan fingerprint density at radius 2 is 1.19 bits per heavy atom. The van der Waals surface area contributed by atoms with Crippen molar-refractivity contribution < 1.29 is 0 Å². The van der Waals surface area contributed by atoms with Crippen molar-refractivity contribution in [1.29, 1.82) is 0 Å². The number of fused-ring (bicyclic) bond motifs is 16. The second kappa shape index (κ2) is 10.1. The van der Waals surface area contributed by atoms with Crippen LogP contribution in [-0.2, 0) is 5.41 Å². The van der Waals surface area contributed by atoms with Crippen LogP contribution in [0.5, 0.6) is 0 Å². The van der Waals surface area contributed by atoms with Crippen LogP contribution in [-0.4, -0.2) is 23.9 Å². The first-order valence-electron chi connectivity index (χ1n) is 18.2. The van der Waals surface area contributed by atoms with Gasteiger partial charge in [-0.3, -0.25) is 8.97 Å². The molecule has 0 radical (unpaired) electrons. The average molecular weight is 678 g/mol. The third-order valence-corrected chi connectivity index (χ3v) is 11.7. The van der Waals surface area contributed by atoms with Gasteiger partial charge in [0.05, 0.1) is 16.6 Å². The Hall–Kier alpha value is -6.85. The van der Waals surface area contributed by atoms with Gasteiger partial charge in [-0.2, -0.15) is 4.98 Å². The molecule has 0 bridgehead atoms. The summed E-state index contributed by atoms with van der Waals surface area (Å²) in [6.45, 7) is 4.69. The molecule has 5 nitrogen and oxygen atoms in total. The molecule has 0 fully saturated rings. The maximum absolute atomic E-state index is 5.55. The van der Waals surface area contributed by atoms with Gasteiger partial charge in [-0.05, 0) is 62.7 Å². The van der Waals surface area contributed by atoms with E-state index in [4.69, 9.17) is 15.0 Å². The van der Waals surface area contributed by atoms with Gasteiger partial charge in [0.1, 0.15) is 16.9 Å². The molecule has 12 rings (SSSR count). The number of nitrogens with zero attached hydrogens (tertiary/aromatic N) is 5. The van der Waals surface area contributed by atoms with E-state index in [1.54, 1.807) is 0 Å². The number of para-hydroxylation sites is 1.